The Hall–Kier alpha value is -5.75. The number of hydrogen-bond acceptors (Lipinski definition) is 6. The van der Waals surface area contributed by atoms with Gasteiger partial charge in [-0.25, -0.2) is 15.0 Å². The predicted octanol–water partition coefficient (Wildman–Crippen LogP) is 8.34. The minimum absolute atomic E-state index is 0.214. The molecule has 41 heavy (non-hydrogen) atoms. The SMILES string of the molecule is N=C1C=Cc2ccc3cc(-c4nc(-c5ccccc5)nc(-c5ccc6oc7ccccc7c6c5)n4)ccc3c2C1=N. The largest absolute Gasteiger partial charge is 0.456 e. The summed E-state index contributed by atoms with van der Waals surface area (Å²) in [5, 5.41) is 20.6. The molecule has 0 amide bonds. The molecule has 0 radical (unpaired) electrons. The molecular formula is C35H21N5O. The van der Waals surface area contributed by atoms with E-state index in [0.29, 0.717) is 17.5 Å². The van der Waals surface area contributed by atoms with Gasteiger partial charge in [0.1, 0.15) is 11.2 Å². The molecule has 8 rings (SSSR count). The van der Waals surface area contributed by atoms with Gasteiger partial charge in [0, 0.05) is 33.0 Å². The van der Waals surface area contributed by atoms with Gasteiger partial charge >= 0.3 is 0 Å². The van der Waals surface area contributed by atoms with E-state index in [4.69, 9.17) is 30.2 Å². The molecule has 0 atom stereocenters. The molecule has 192 valence electrons. The zero-order chi connectivity index (χ0) is 27.5. The molecule has 0 saturated heterocycles. The van der Waals surface area contributed by atoms with Gasteiger partial charge in [0.25, 0.3) is 0 Å². The Morgan fingerprint density at radius 1 is 0.512 bits per heavy atom. The number of benzene rings is 5. The third kappa shape index (κ3) is 3.77. The van der Waals surface area contributed by atoms with Crippen molar-refractivity contribution in [3.63, 3.8) is 0 Å². The van der Waals surface area contributed by atoms with Gasteiger partial charge in [-0.15, -0.1) is 0 Å². The molecule has 0 spiro atoms. The maximum Gasteiger partial charge on any atom is 0.164 e. The van der Waals surface area contributed by atoms with Crippen LogP contribution in [0.3, 0.4) is 0 Å². The molecule has 0 aliphatic heterocycles. The topological polar surface area (TPSA) is 99.5 Å². The van der Waals surface area contributed by atoms with Crippen LogP contribution in [0.5, 0.6) is 0 Å². The fraction of sp³-hybridized carbons (Fsp3) is 0. The van der Waals surface area contributed by atoms with Crippen molar-refractivity contribution >= 4 is 50.2 Å². The van der Waals surface area contributed by atoms with Crippen molar-refractivity contribution in [3.8, 4) is 34.2 Å². The number of para-hydroxylation sites is 1. The minimum atomic E-state index is 0.214. The van der Waals surface area contributed by atoms with Crippen LogP contribution >= 0.6 is 0 Å². The van der Waals surface area contributed by atoms with Gasteiger partial charge in [0.15, 0.2) is 17.5 Å². The number of nitrogens with zero attached hydrogens (tertiary/aromatic N) is 3. The summed E-state index contributed by atoms with van der Waals surface area (Å²) in [6.07, 6.45) is 3.57. The molecule has 2 aromatic heterocycles. The third-order valence-electron chi connectivity index (χ3n) is 7.56. The average molecular weight is 528 g/mol. The fourth-order valence-corrected chi connectivity index (χ4v) is 5.51. The summed E-state index contributed by atoms with van der Waals surface area (Å²) in [4.78, 5) is 14.7. The Morgan fingerprint density at radius 3 is 2.02 bits per heavy atom. The molecule has 6 nitrogen and oxygen atoms in total. The summed E-state index contributed by atoms with van der Waals surface area (Å²) in [6.45, 7) is 0. The van der Waals surface area contributed by atoms with Crippen LogP contribution in [-0.2, 0) is 0 Å². The summed E-state index contributed by atoms with van der Waals surface area (Å²) in [5.74, 6) is 1.73. The van der Waals surface area contributed by atoms with Crippen LogP contribution in [0.25, 0.3) is 73.0 Å². The van der Waals surface area contributed by atoms with Crippen molar-refractivity contribution < 1.29 is 4.42 Å². The molecule has 2 heterocycles. The molecule has 1 aliphatic rings. The molecular weight excluding hydrogens is 506 g/mol. The molecule has 0 fully saturated rings. The van der Waals surface area contributed by atoms with E-state index in [1.165, 1.54) is 0 Å². The Balaban J connectivity index is 1.32. The first kappa shape index (κ1) is 23.2. The van der Waals surface area contributed by atoms with Crippen LogP contribution in [0.2, 0.25) is 0 Å². The Kier molecular flexibility index (Phi) is 5.02. The van der Waals surface area contributed by atoms with Gasteiger partial charge in [-0.3, -0.25) is 10.8 Å². The van der Waals surface area contributed by atoms with E-state index in [-0.39, 0.29) is 11.4 Å². The lowest BCUT2D eigenvalue weighted by Crippen LogP contribution is -2.16. The molecule has 0 bridgehead atoms. The van der Waals surface area contributed by atoms with Crippen molar-refractivity contribution in [1.29, 1.82) is 10.8 Å². The average Bonchev–Trinajstić information content (AvgIpc) is 3.40. The first-order chi connectivity index (χ1) is 20.1. The van der Waals surface area contributed by atoms with Crippen LogP contribution in [0.15, 0.2) is 114 Å². The quantitative estimate of drug-likeness (QED) is 0.241. The van der Waals surface area contributed by atoms with Gasteiger partial charge in [-0.2, -0.15) is 0 Å². The molecule has 6 heteroatoms. The van der Waals surface area contributed by atoms with Gasteiger partial charge in [-0.1, -0.05) is 78.9 Å². The van der Waals surface area contributed by atoms with Crippen molar-refractivity contribution in [2.45, 2.75) is 0 Å². The summed E-state index contributed by atoms with van der Waals surface area (Å²) < 4.78 is 6.04. The lowest BCUT2D eigenvalue weighted by molar-refractivity contribution is 0.669. The van der Waals surface area contributed by atoms with E-state index in [2.05, 4.69) is 12.1 Å². The van der Waals surface area contributed by atoms with E-state index in [1.54, 1.807) is 6.08 Å². The number of furan rings is 1. The molecule has 0 saturated carbocycles. The van der Waals surface area contributed by atoms with Gasteiger partial charge in [-0.05, 0) is 52.7 Å². The maximum atomic E-state index is 8.50. The second kappa shape index (κ2) is 8.89. The highest BCUT2D eigenvalue weighted by molar-refractivity contribution is 6.53. The lowest BCUT2D eigenvalue weighted by Gasteiger charge is -2.16. The highest BCUT2D eigenvalue weighted by Gasteiger charge is 2.19. The van der Waals surface area contributed by atoms with Gasteiger partial charge in [0.05, 0.1) is 11.4 Å². The maximum absolute atomic E-state index is 8.50. The van der Waals surface area contributed by atoms with Gasteiger partial charge < -0.3 is 4.42 Å². The smallest absolute Gasteiger partial charge is 0.164 e. The van der Waals surface area contributed by atoms with Crippen molar-refractivity contribution in [3.05, 3.63) is 120 Å². The predicted molar refractivity (Wildman–Crippen MR) is 165 cm³/mol. The molecule has 2 N–H and O–H groups in total. The second-order valence-corrected chi connectivity index (χ2v) is 10.1. The Labute approximate surface area is 234 Å². The summed E-state index contributed by atoms with van der Waals surface area (Å²) >= 11 is 0. The Morgan fingerprint density at radius 2 is 1.20 bits per heavy atom. The summed E-state index contributed by atoms with van der Waals surface area (Å²) in [5.41, 5.74) is 6.46. The van der Waals surface area contributed by atoms with Crippen molar-refractivity contribution in [2.24, 2.45) is 0 Å². The second-order valence-electron chi connectivity index (χ2n) is 10.1. The van der Waals surface area contributed by atoms with E-state index >= 15 is 0 Å². The van der Waals surface area contributed by atoms with E-state index in [9.17, 15) is 0 Å². The lowest BCUT2D eigenvalue weighted by atomic mass is 9.89. The van der Waals surface area contributed by atoms with Crippen LogP contribution in [0, 0.1) is 10.8 Å². The molecule has 1 aliphatic carbocycles. The first-order valence-corrected chi connectivity index (χ1v) is 13.3. The third-order valence-corrected chi connectivity index (χ3v) is 7.56. The highest BCUT2D eigenvalue weighted by atomic mass is 16.3. The standard InChI is InChI=1S/C35H21N5O/c36-28-16-13-20-10-11-22-18-23(12-15-25(22)31(20)32(28)37)34-38-33(21-6-2-1-3-7-21)39-35(40-34)24-14-17-30-27(19-24)26-8-4-5-9-29(26)41-30/h1-19,36-37H. The number of aromatic nitrogens is 3. The van der Waals surface area contributed by atoms with Gasteiger partial charge in [0.2, 0.25) is 0 Å². The van der Waals surface area contributed by atoms with Crippen molar-refractivity contribution in [2.75, 3.05) is 0 Å². The number of fused-ring (bicyclic) bond motifs is 6. The van der Waals surface area contributed by atoms with Crippen LogP contribution in [0.4, 0.5) is 0 Å². The minimum Gasteiger partial charge on any atom is -0.456 e. The van der Waals surface area contributed by atoms with Crippen LogP contribution in [-0.4, -0.2) is 26.4 Å². The highest BCUT2D eigenvalue weighted by Crippen LogP contribution is 2.34. The zero-order valence-corrected chi connectivity index (χ0v) is 21.7. The van der Waals surface area contributed by atoms with Crippen LogP contribution < -0.4 is 0 Å². The van der Waals surface area contributed by atoms with E-state index in [0.717, 1.165) is 60.5 Å². The number of rotatable bonds is 3. The molecule has 7 aromatic rings. The monoisotopic (exact) mass is 527 g/mol. The molecule has 5 aromatic carbocycles. The number of nitrogens with one attached hydrogen (secondary N) is 2. The van der Waals surface area contributed by atoms with Crippen LogP contribution in [0.1, 0.15) is 11.1 Å². The van der Waals surface area contributed by atoms with Crippen molar-refractivity contribution in [1.82, 2.24) is 15.0 Å². The number of hydrogen-bond donors (Lipinski definition) is 2. The van der Waals surface area contributed by atoms with E-state index in [1.807, 2.05) is 97.1 Å². The summed E-state index contributed by atoms with van der Waals surface area (Å²) in [7, 11) is 0. The summed E-state index contributed by atoms with van der Waals surface area (Å²) in [6, 6.07) is 34.0. The number of allylic oxidation sites excluding steroid dienone is 1. The zero-order valence-electron chi connectivity index (χ0n) is 21.7. The molecule has 0 unspecified atom stereocenters. The Bertz CT molecular complexity index is 2250. The fourth-order valence-electron chi connectivity index (χ4n) is 5.51. The van der Waals surface area contributed by atoms with E-state index < -0.39 is 0 Å². The normalized spacial score (nSPS) is 12.9. The first-order valence-electron chi connectivity index (χ1n) is 13.3.